The van der Waals surface area contributed by atoms with Gasteiger partial charge in [0.1, 0.15) is 5.60 Å². The van der Waals surface area contributed by atoms with Gasteiger partial charge in [-0.2, -0.15) is 0 Å². The van der Waals surface area contributed by atoms with Gasteiger partial charge in [0, 0.05) is 5.92 Å². The summed E-state index contributed by atoms with van der Waals surface area (Å²) in [6, 6.07) is 0. The molecule has 0 radical (unpaired) electrons. The van der Waals surface area contributed by atoms with E-state index in [0.29, 0.717) is 11.8 Å². The molecule has 0 heterocycles. The largest absolute Gasteiger partial charge is 0.459 e. The molecule has 0 aromatic rings. The summed E-state index contributed by atoms with van der Waals surface area (Å²) in [6.07, 6.45) is 16.7. The number of allylic oxidation sites excluding steroid dienone is 2. The van der Waals surface area contributed by atoms with Crippen LogP contribution in [0.25, 0.3) is 0 Å². The van der Waals surface area contributed by atoms with Gasteiger partial charge >= 0.3 is 5.97 Å². The Morgan fingerprint density at radius 2 is 1.78 bits per heavy atom. The third-order valence-corrected chi connectivity index (χ3v) is 11.1. The minimum absolute atomic E-state index is 0.0942. The van der Waals surface area contributed by atoms with Crippen molar-refractivity contribution in [3.8, 4) is 0 Å². The van der Waals surface area contributed by atoms with Crippen molar-refractivity contribution in [2.24, 2.45) is 65.1 Å². The number of carbonyl (C=O) groups excluding carboxylic acids is 1. The average Bonchev–Trinajstić information content (AvgIpc) is 3.50. The summed E-state index contributed by atoms with van der Waals surface area (Å²) in [4.78, 5) is 13.5. The van der Waals surface area contributed by atoms with E-state index in [-0.39, 0.29) is 17.5 Å². The van der Waals surface area contributed by atoms with E-state index in [1.54, 1.807) is 0 Å². The maximum Gasteiger partial charge on any atom is 0.309 e. The van der Waals surface area contributed by atoms with E-state index in [0.717, 1.165) is 60.2 Å². The second kappa shape index (κ2) is 5.22. The zero-order valence-electron chi connectivity index (χ0n) is 16.7. The molecule has 0 aromatic carbocycles. The van der Waals surface area contributed by atoms with Gasteiger partial charge in [0.2, 0.25) is 0 Å². The van der Waals surface area contributed by atoms with E-state index in [4.69, 9.17) is 4.74 Å². The van der Waals surface area contributed by atoms with Crippen LogP contribution in [0.1, 0.15) is 64.7 Å². The van der Waals surface area contributed by atoms with Crippen molar-refractivity contribution in [1.29, 1.82) is 0 Å². The molecule has 12 unspecified atom stereocenters. The monoisotopic (exact) mass is 366 g/mol. The summed E-state index contributed by atoms with van der Waals surface area (Å²) in [5.41, 5.74) is -0.0942. The second-order valence-corrected chi connectivity index (χ2v) is 11.5. The fourth-order valence-corrected chi connectivity index (χ4v) is 10.4. The van der Waals surface area contributed by atoms with Gasteiger partial charge in [-0.15, -0.1) is 0 Å². The molecule has 0 saturated heterocycles. The van der Waals surface area contributed by atoms with Crippen LogP contribution in [-0.4, -0.2) is 11.6 Å². The topological polar surface area (TPSA) is 26.3 Å². The first-order valence-electron chi connectivity index (χ1n) is 12.1. The number of rotatable bonds is 3. The van der Waals surface area contributed by atoms with E-state index < -0.39 is 0 Å². The summed E-state index contributed by atoms with van der Waals surface area (Å²) in [7, 11) is 0. The first-order valence-corrected chi connectivity index (χ1v) is 12.1. The molecular weight excluding hydrogens is 332 g/mol. The van der Waals surface area contributed by atoms with Crippen LogP contribution in [0.4, 0.5) is 0 Å². The standard InChI is InChI=1S/C25H34O2/c1-2-25(12-16-11-21(25)18-5-3-4-17(16)18)27-24(26)20-10-15-9-19(20)23-14-7-6-13(8-14)22(15)23/h6-7,13-23H,2-5,8-12H2,1H3. The van der Waals surface area contributed by atoms with Gasteiger partial charge in [0.15, 0.2) is 0 Å². The molecule has 7 aliphatic carbocycles. The fraction of sp³-hybridized carbons (Fsp3) is 0.880. The predicted molar refractivity (Wildman–Crippen MR) is 104 cm³/mol. The van der Waals surface area contributed by atoms with Crippen LogP contribution in [0, 0.1) is 65.1 Å². The second-order valence-electron chi connectivity index (χ2n) is 11.5. The van der Waals surface area contributed by atoms with E-state index in [1.807, 2.05) is 0 Å². The van der Waals surface area contributed by atoms with Crippen LogP contribution in [0.3, 0.4) is 0 Å². The highest BCUT2D eigenvalue weighted by molar-refractivity contribution is 5.74. The van der Waals surface area contributed by atoms with Crippen LogP contribution in [-0.2, 0) is 9.53 Å². The molecule has 12 atom stereocenters. The summed E-state index contributed by atoms with van der Waals surface area (Å²) in [6.45, 7) is 2.29. The molecule has 0 N–H and O–H groups in total. The van der Waals surface area contributed by atoms with Crippen molar-refractivity contribution in [2.75, 3.05) is 0 Å². The first kappa shape index (κ1) is 16.1. The Hall–Kier alpha value is -0.790. The third kappa shape index (κ3) is 1.87. The lowest BCUT2D eigenvalue weighted by Crippen LogP contribution is -2.47. The molecule has 0 amide bonds. The molecule has 0 aliphatic heterocycles. The number of hydrogen-bond acceptors (Lipinski definition) is 2. The van der Waals surface area contributed by atoms with Crippen LogP contribution in [0.5, 0.6) is 0 Å². The van der Waals surface area contributed by atoms with Crippen molar-refractivity contribution >= 4 is 5.97 Å². The van der Waals surface area contributed by atoms with Gasteiger partial charge in [-0.3, -0.25) is 4.79 Å². The zero-order chi connectivity index (χ0) is 17.9. The van der Waals surface area contributed by atoms with Crippen molar-refractivity contribution in [2.45, 2.75) is 70.3 Å². The van der Waals surface area contributed by atoms with Crippen LogP contribution >= 0.6 is 0 Å². The molecule has 27 heavy (non-hydrogen) atoms. The van der Waals surface area contributed by atoms with E-state index in [2.05, 4.69) is 19.1 Å². The number of ether oxygens (including phenoxy) is 1. The molecule has 6 bridgehead atoms. The van der Waals surface area contributed by atoms with Gasteiger partial charge in [-0.1, -0.05) is 25.5 Å². The molecule has 146 valence electrons. The Morgan fingerprint density at radius 1 is 0.963 bits per heavy atom. The minimum Gasteiger partial charge on any atom is -0.459 e. The SMILES string of the molecule is CCC1(OC(=O)C2CC3CC2C2C4C=CC(C4)C32)CC2CC1C1CCCC21. The maximum atomic E-state index is 13.5. The Kier molecular flexibility index (Phi) is 3.10. The highest BCUT2D eigenvalue weighted by atomic mass is 16.6. The van der Waals surface area contributed by atoms with E-state index in [9.17, 15) is 4.79 Å². The Balaban J connectivity index is 1.12. The van der Waals surface area contributed by atoms with Gasteiger partial charge in [-0.05, 0) is 105 Å². The molecule has 0 aromatic heterocycles. The highest BCUT2D eigenvalue weighted by Gasteiger charge is 2.65. The van der Waals surface area contributed by atoms with E-state index in [1.165, 1.54) is 44.9 Å². The van der Waals surface area contributed by atoms with Gasteiger partial charge < -0.3 is 4.74 Å². The number of hydrogen-bond donors (Lipinski definition) is 0. The van der Waals surface area contributed by atoms with E-state index >= 15 is 0 Å². The zero-order valence-corrected chi connectivity index (χ0v) is 16.7. The Morgan fingerprint density at radius 3 is 2.63 bits per heavy atom. The number of esters is 1. The van der Waals surface area contributed by atoms with Crippen molar-refractivity contribution in [3.63, 3.8) is 0 Å². The molecular formula is C25H34O2. The van der Waals surface area contributed by atoms with Crippen molar-refractivity contribution < 1.29 is 9.53 Å². The maximum absolute atomic E-state index is 13.5. The van der Waals surface area contributed by atoms with Crippen molar-refractivity contribution in [1.82, 2.24) is 0 Å². The minimum atomic E-state index is -0.0942. The lowest BCUT2D eigenvalue weighted by molar-refractivity contribution is -0.178. The molecule has 2 nitrogen and oxygen atoms in total. The fourth-order valence-electron chi connectivity index (χ4n) is 10.4. The number of carbonyl (C=O) groups is 1. The lowest BCUT2D eigenvalue weighted by atomic mass is 9.69. The smallest absolute Gasteiger partial charge is 0.309 e. The predicted octanol–water partition coefficient (Wildman–Crippen LogP) is 5.23. The molecule has 7 aliphatic rings. The van der Waals surface area contributed by atoms with Crippen molar-refractivity contribution in [3.05, 3.63) is 12.2 Å². The lowest BCUT2D eigenvalue weighted by Gasteiger charge is -2.43. The van der Waals surface area contributed by atoms with Gasteiger partial charge in [0.25, 0.3) is 0 Å². The quantitative estimate of drug-likeness (QED) is 0.388. The van der Waals surface area contributed by atoms with Gasteiger partial charge in [0.05, 0.1) is 5.92 Å². The molecule has 7 rings (SSSR count). The van der Waals surface area contributed by atoms with Crippen LogP contribution < -0.4 is 0 Å². The highest BCUT2D eigenvalue weighted by Crippen LogP contribution is 2.68. The summed E-state index contributed by atoms with van der Waals surface area (Å²) < 4.78 is 6.60. The Bertz CT molecular complexity index is 711. The summed E-state index contributed by atoms with van der Waals surface area (Å²) in [5.74, 6) is 8.64. The average molecular weight is 367 g/mol. The molecule has 6 saturated carbocycles. The number of fused-ring (bicyclic) bond motifs is 14. The molecule has 2 heteroatoms. The van der Waals surface area contributed by atoms with Gasteiger partial charge in [-0.25, -0.2) is 0 Å². The Labute approximate surface area is 163 Å². The summed E-state index contributed by atoms with van der Waals surface area (Å²) >= 11 is 0. The molecule has 0 spiro atoms. The van der Waals surface area contributed by atoms with Crippen LogP contribution in [0.2, 0.25) is 0 Å². The summed E-state index contributed by atoms with van der Waals surface area (Å²) in [5, 5.41) is 0. The van der Waals surface area contributed by atoms with Crippen LogP contribution in [0.15, 0.2) is 12.2 Å². The third-order valence-electron chi connectivity index (χ3n) is 11.1. The first-order chi connectivity index (χ1) is 13.2. The normalized spacial score (nSPS) is 61.0. The molecule has 6 fully saturated rings.